The van der Waals surface area contributed by atoms with Crippen molar-refractivity contribution in [2.24, 2.45) is 7.05 Å². The Balaban J connectivity index is 2.39. The van der Waals surface area contributed by atoms with E-state index in [1.165, 1.54) is 5.06 Å². The van der Waals surface area contributed by atoms with E-state index >= 15 is 0 Å². The zero-order valence-electron chi connectivity index (χ0n) is 13.3. The van der Waals surface area contributed by atoms with Crippen molar-refractivity contribution < 1.29 is 5.21 Å². The van der Waals surface area contributed by atoms with Crippen LogP contribution in [0.25, 0.3) is 10.9 Å². The number of aryl methyl sites for hydroxylation is 3. The maximum absolute atomic E-state index is 12.3. The van der Waals surface area contributed by atoms with Gasteiger partial charge in [0.05, 0.1) is 16.7 Å². The van der Waals surface area contributed by atoms with Crippen molar-refractivity contribution in [3.05, 3.63) is 39.2 Å². The van der Waals surface area contributed by atoms with Gasteiger partial charge in [-0.2, -0.15) is 0 Å². The molecule has 3 rings (SSSR count). The molecular weight excluding hydrogens is 264 g/mol. The zero-order chi connectivity index (χ0) is 15.5. The van der Waals surface area contributed by atoms with Gasteiger partial charge in [-0.05, 0) is 63.8 Å². The minimum atomic E-state index is -0.278. The first-order valence-electron chi connectivity index (χ1n) is 7.36. The van der Waals surface area contributed by atoms with Gasteiger partial charge in [0.15, 0.2) is 0 Å². The molecule has 0 amide bonds. The summed E-state index contributed by atoms with van der Waals surface area (Å²) in [4.78, 5) is 12.3. The largest absolute Gasteiger partial charge is 0.311 e. The normalized spacial score (nSPS) is 17.1. The molecule has 0 saturated heterocycles. The first kappa shape index (κ1) is 14.1. The van der Waals surface area contributed by atoms with E-state index < -0.39 is 0 Å². The van der Waals surface area contributed by atoms with E-state index in [9.17, 15) is 10.0 Å². The highest BCUT2D eigenvalue weighted by Gasteiger charge is 2.32. The number of hydrogen-bond acceptors (Lipinski definition) is 3. The van der Waals surface area contributed by atoms with Crippen molar-refractivity contribution in [2.75, 3.05) is 5.06 Å². The number of anilines is 1. The fourth-order valence-electron chi connectivity index (χ4n) is 3.19. The molecule has 4 heteroatoms. The summed E-state index contributed by atoms with van der Waals surface area (Å²) < 4.78 is 1.67. The van der Waals surface area contributed by atoms with Gasteiger partial charge >= 0.3 is 0 Å². The fourth-order valence-corrected chi connectivity index (χ4v) is 3.19. The molecule has 0 spiro atoms. The first-order chi connectivity index (χ1) is 9.74. The number of aromatic nitrogens is 1. The molecule has 1 aliphatic heterocycles. The Bertz CT molecular complexity index is 803. The monoisotopic (exact) mass is 286 g/mol. The Morgan fingerprint density at radius 2 is 1.86 bits per heavy atom. The topological polar surface area (TPSA) is 45.5 Å². The van der Waals surface area contributed by atoms with Crippen molar-refractivity contribution in [2.45, 2.75) is 46.1 Å². The maximum atomic E-state index is 12.3. The minimum Gasteiger partial charge on any atom is -0.311 e. The molecule has 0 fully saturated rings. The lowest BCUT2D eigenvalue weighted by molar-refractivity contribution is 0.155. The predicted molar refractivity (Wildman–Crippen MR) is 85.3 cm³/mol. The summed E-state index contributed by atoms with van der Waals surface area (Å²) in [6, 6.07) is 4.07. The van der Waals surface area contributed by atoms with Crippen LogP contribution >= 0.6 is 0 Å². The minimum absolute atomic E-state index is 0.0273. The molecule has 1 aliphatic rings. The summed E-state index contributed by atoms with van der Waals surface area (Å²) >= 11 is 0. The van der Waals surface area contributed by atoms with E-state index in [0.29, 0.717) is 0 Å². The van der Waals surface area contributed by atoms with Crippen LogP contribution in [0.3, 0.4) is 0 Å². The molecule has 21 heavy (non-hydrogen) atoms. The van der Waals surface area contributed by atoms with Crippen molar-refractivity contribution in [3.63, 3.8) is 0 Å². The maximum Gasteiger partial charge on any atom is 0.253 e. The molecule has 0 bridgehead atoms. The van der Waals surface area contributed by atoms with Crippen molar-refractivity contribution in [3.8, 4) is 0 Å². The van der Waals surface area contributed by atoms with Crippen LogP contribution in [-0.2, 0) is 13.5 Å². The second-order valence-electron chi connectivity index (χ2n) is 6.74. The summed E-state index contributed by atoms with van der Waals surface area (Å²) in [5, 5.41) is 12.9. The van der Waals surface area contributed by atoms with Gasteiger partial charge in [0.25, 0.3) is 5.56 Å². The SMILES string of the molecule is Cc1c(C)c2cc3c(cc2n(C)c1=O)N(O)C(C)(C)CC3. The van der Waals surface area contributed by atoms with E-state index in [0.717, 1.165) is 46.1 Å². The third-order valence-corrected chi connectivity index (χ3v) is 4.96. The van der Waals surface area contributed by atoms with Gasteiger partial charge in [0, 0.05) is 18.0 Å². The number of hydroxylamine groups is 1. The Morgan fingerprint density at radius 1 is 1.19 bits per heavy atom. The fraction of sp³-hybridized carbons (Fsp3) is 0.471. The van der Waals surface area contributed by atoms with Gasteiger partial charge in [-0.25, -0.2) is 0 Å². The average molecular weight is 286 g/mol. The average Bonchev–Trinajstić information content (AvgIpc) is 2.46. The summed E-state index contributed by atoms with van der Waals surface area (Å²) in [6.45, 7) is 7.92. The van der Waals surface area contributed by atoms with Crippen molar-refractivity contribution in [1.29, 1.82) is 0 Å². The van der Waals surface area contributed by atoms with Gasteiger partial charge in [-0.3, -0.25) is 15.1 Å². The zero-order valence-corrected chi connectivity index (χ0v) is 13.3. The van der Waals surface area contributed by atoms with Gasteiger partial charge in [-0.1, -0.05) is 0 Å². The lowest BCUT2D eigenvalue weighted by atomic mass is 9.87. The highest BCUT2D eigenvalue weighted by molar-refractivity contribution is 5.88. The van der Waals surface area contributed by atoms with E-state index in [1.807, 2.05) is 33.8 Å². The lowest BCUT2D eigenvalue weighted by Gasteiger charge is -2.40. The summed E-state index contributed by atoms with van der Waals surface area (Å²) in [5.74, 6) is 0. The quantitative estimate of drug-likeness (QED) is 0.809. The van der Waals surface area contributed by atoms with Crippen LogP contribution < -0.4 is 10.6 Å². The van der Waals surface area contributed by atoms with Crippen molar-refractivity contribution >= 4 is 16.6 Å². The molecular formula is C17H22N2O2. The molecule has 1 aromatic carbocycles. The molecule has 0 aliphatic carbocycles. The van der Waals surface area contributed by atoms with Gasteiger partial charge in [0.2, 0.25) is 0 Å². The number of hydrogen-bond donors (Lipinski definition) is 1. The molecule has 1 N–H and O–H groups in total. The van der Waals surface area contributed by atoms with E-state index in [-0.39, 0.29) is 11.1 Å². The molecule has 4 nitrogen and oxygen atoms in total. The number of benzene rings is 1. The number of fused-ring (bicyclic) bond motifs is 2. The highest BCUT2D eigenvalue weighted by Crippen LogP contribution is 2.38. The number of nitrogens with zero attached hydrogens (tertiary/aromatic N) is 2. The van der Waals surface area contributed by atoms with E-state index in [1.54, 1.807) is 11.6 Å². The second kappa shape index (κ2) is 4.34. The molecule has 0 radical (unpaired) electrons. The first-order valence-corrected chi connectivity index (χ1v) is 7.36. The highest BCUT2D eigenvalue weighted by atomic mass is 16.5. The number of rotatable bonds is 0. The molecule has 1 aromatic heterocycles. The van der Waals surface area contributed by atoms with Crippen LogP contribution in [0.4, 0.5) is 5.69 Å². The Labute approximate surface area is 124 Å². The summed E-state index contributed by atoms with van der Waals surface area (Å²) in [7, 11) is 1.79. The number of pyridine rings is 1. The van der Waals surface area contributed by atoms with Crippen molar-refractivity contribution in [1.82, 2.24) is 4.57 Å². The van der Waals surface area contributed by atoms with Gasteiger partial charge in [-0.15, -0.1) is 0 Å². The van der Waals surface area contributed by atoms with Crippen LogP contribution in [-0.4, -0.2) is 15.3 Å². The Kier molecular flexibility index (Phi) is 2.92. The molecule has 2 heterocycles. The van der Waals surface area contributed by atoms with Crippen LogP contribution in [0, 0.1) is 13.8 Å². The molecule has 2 aromatic rings. The van der Waals surface area contributed by atoms with Gasteiger partial charge in [0.1, 0.15) is 0 Å². The molecule has 0 saturated carbocycles. The second-order valence-corrected chi connectivity index (χ2v) is 6.74. The Morgan fingerprint density at radius 3 is 2.52 bits per heavy atom. The van der Waals surface area contributed by atoms with Gasteiger partial charge < -0.3 is 4.57 Å². The molecule has 112 valence electrons. The third kappa shape index (κ3) is 1.89. The third-order valence-electron chi connectivity index (χ3n) is 4.96. The van der Waals surface area contributed by atoms with Crippen LogP contribution in [0.2, 0.25) is 0 Å². The van der Waals surface area contributed by atoms with Crippen LogP contribution in [0.5, 0.6) is 0 Å². The molecule has 0 unspecified atom stereocenters. The van der Waals surface area contributed by atoms with E-state index in [4.69, 9.17) is 0 Å². The summed E-state index contributed by atoms with van der Waals surface area (Å²) in [6.07, 6.45) is 1.85. The van der Waals surface area contributed by atoms with Crippen LogP contribution in [0.15, 0.2) is 16.9 Å². The predicted octanol–water partition coefficient (Wildman–Crippen LogP) is 3.08. The van der Waals surface area contributed by atoms with Crippen LogP contribution in [0.1, 0.15) is 37.0 Å². The Hall–Kier alpha value is -1.81. The summed E-state index contributed by atoms with van der Waals surface area (Å²) in [5.41, 5.74) is 4.41. The smallest absolute Gasteiger partial charge is 0.253 e. The van der Waals surface area contributed by atoms with E-state index in [2.05, 4.69) is 6.07 Å². The molecule has 0 atom stereocenters. The standard InChI is InChI=1S/C17H22N2O2/c1-10-11(2)16(20)18(5)15-9-14-12(8-13(10)15)6-7-17(3,4)19(14)21/h8-9,21H,6-7H2,1-5H3. The lowest BCUT2D eigenvalue weighted by Crippen LogP contribution is -2.45.